The van der Waals surface area contributed by atoms with Crippen molar-refractivity contribution in [1.29, 1.82) is 0 Å². The highest BCUT2D eigenvalue weighted by Gasteiger charge is 2.30. The molecular weight excluding hydrogens is 379 g/mol. The van der Waals surface area contributed by atoms with Crippen molar-refractivity contribution in [2.24, 2.45) is 0 Å². The Bertz CT molecular complexity index is 1100. The smallest absolute Gasteiger partial charge is 0.200 e. The molecule has 0 spiro atoms. The zero-order valence-electron chi connectivity index (χ0n) is 16.3. The average molecular weight is 400 g/mol. The van der Waals surface area contributed by atoms with Gasteiger partial charge in [0.05, 0.1) is 14.2 Å². The summed E-state index contributed by atoms with van der Waals surface area (Å²) >= 11 is 0. The van der Waals surface area contributed by atoms with Crippen molar-refractivity contribution < 1.29 is 14.3 Å². The van der Waals surface area contributed by atoms with Gasteiger partial charge in [-0.05, 0) is 22.1 Å². The molecule has 0 aromatic heterocycles. The van der Waals surface area contributed by atoms with Crippen LogP contribution in [0.1, 0.15) is 10.4 Å². The van der Waals surface area contributed by atoms with E-state index in [9.17, 15) is 4.79 Å². The predicted molar refractivity (Wildman–Crippen MR) is 120 cm³/mol. The summed E-state index contributed by atoms with van der Waals surface area (Å²) in [4.78, 5) is 14.0. The number of methoxy groups -OCH3 is 2. The lowest BCUT2D eigenvalue weighted by atomic mass is 10.0. The number of ether oxygens (including phenoxy) is 2. The largest absolute Gasteiger partial charge is 0.496 e. The normalized spacial score (nSPS) is 10.9. The SMILES string of the molecule is COc1cc2ccccc2c(OC)c1C(=O)P(c1ccccc1)c1ccccc1. The van der Waals surface area contributed by atoms with Gasteiger partial charge in [0.2, 0.25) is 5.52 Å². The van der Waals surface area contributed by atoms with Crippen LogP contribution in [-0.4, -0.2) is 19.7 Å². The second-order valence-electron chi connectivity index (χ2n) is 6.52. The maximum Gasteiger partial charge on any atom is 0.200 e. The summed E-state index contributed by atoms with van der Waals surface area (Å²) in [5.41, 5.74) is 0.504. The molecule has 4 heteroatoms. The highest BCUT2D eigenvalue weighted by molar-refractivity contribution is 7.88. The number of carbonyl (C=O) groups is 1. The summed E-state index contributed by atoms with van der Waals surface area (Å²) in [7, 11) is 1.91. The van der Waals surface area contributed by atoms with E-state index in [1.807, 2.05) is 91.0 Å². The quantitative estimate of drug-likeness (QED) is 0.421. The van der Waals surface area contributed by atoms with E-state index in [4.69, 9.17) is 9.47 Å². The fourth-order valence-corrected chi connectivity index (χ4v) is 5.66. The summed E-state index contributed by atoms with van der Waals surface area (Å²) in [6.07, 6.45) is 0. The number of carbonyl (C=O) groups excluding carboxylic acids is 1. The Hall–Kier alpha value is -3.16. The molecule has 4 rings (SSSR count). The Morgan fingerprint density at radius 2 is 1.28 bits per heavy atom. The molecule has 29 heavy (non-hydrogen) atoms. The second-order valence-corrected chi connectivity index (χ2v) is 8.63. The fourth-order valence-electron chi connectivity index (χ4n) is 3.51. The van der Waals surface area contributed by atoms with Gasteiger partial charge < -0.3 is 9.47 Å². The van der Waals surface area contributed by atoms with Gasteiger partial charge in [-0.1, -0.05) is 84.9 Å². The van der Waals surface area contributed by atoms with Crippen LogP contribution in [0.3, 0.4) is 0 Å². The van der Waals surface area contributed by atoms with E-state index in [1.165, 1.54) is 0 Å². The third kappa shape index (κ3) is 3.62. The third-order valence-corrected chi connectivity index (χ3v) is 7.09. The molecule has 4 aromatic rings. The second kappa shape index (κ2) is 8.46. The van der Waals surface area contributed by atoms with Gasteiger partial charge >= 0.3 is 0 Å². The van der Waals surface area contributed by atoms with Crippen molar-refractivity contribution >= 4 is 34.8 Å². The molecule has 0 radical (unpaired) electrons. The van der Waals surface area contributed by atoms with Gasteiger partial charge in [-0.3, -0.25) is 4.79 Å². The number of fused-ring (bicyclic) bond motifs is 1. The molecule has 0 saturated heterocycles. The fraction of sp³-hybridized carbons (Fsp3) is 0.0800. The first-order chi connectivity index (χ1) is 14.2. The van der Waals surface area contributed by atoms with E-state index in [0.29, 0.717) is 17.1 Å². The van der Waals surface area contributed by atoms with Crippen molar-refractivity contribution in [2.75, 3.05) is 14.2 Å². The van der Waals surface area contributed by atoms with Gasteiger partial charge in [-0.15, -0.1) is 0 Å². The highest BCUT2D eigenvalue weighted by atomic mass is 31.1. The van der Waals surface area contributed by atoms with Crippen molar-refractivity contribution in [3.05, 3.63) is 96.6 Å². The van der Waals surface area contributed by atoms with Gasteiger partial charge in [0.1, 0.15) is 17.1 Å². The summed E-state index contributed by atoms with van der Waals surface area (Å²) < 4.78 is 11.4. The molecule has 0 saturated carbocycles. The lowest BCUT2D eigenvalue weighted by molar-refractivity contribution is 0.107. The molecule has 0 heterocycles. The first-order valence-electron chi connectivity index (χ1n) is 9.33. The molecule has 0 fully saturated rings. The minimum Gasteiger partial charge on any atom is -0.496 e. The number of hydrogen-bond donors (Lipinski definition) is 0. The minimum absolute atomic E-state index is 0.0110. The topological polar surface area (TPSA) is 35.5 Å². The summed E-state index contributed by atoms with van der Waals surface area (Å²) in [6.45, 7) is 0. The van der Waals surface area contributed by atoms with Crippen LogP contribution in [0.25, 0.3) is 10.8 Å². The zero-order valence-corrected chi connectivity index (χ0v) is 17.2. The standard InChI is InChI=1S/C25H21O3P/c1-27-22-17-18-11-9-10-16-21(18)24(28-2)23(22)25(26)29(19-12-5-3-6-13-19)20-14-7-4-8-15-20/h3-17H,1-2H3. The van der Waals surface area contributed by atoms with Crippen molar-refractivity contribution in [3.63, 3.8) is 0 Å². The van der Waals surface area contributed by atoms with Gasteiger partial charge in [0.15, 0.2) is 0 Å². The zero-order chi connectivity index (χ0) is 20.2. The molecular formula is C25H21O3P. The summed E-state index contributed by atoms with van der Waals surface area (Å²) in [5, 5.41) is 3.86. The van der Waals surface area contributed by atoms with Gasteiger partial charge in [0, 0.05) is 13.3 Å². The molecule has 0 amide bonds. The molecule has 0 aliphatic rings. The molecule has 0 aliphatic carbocycles. The monoisotopic (exact) mass is 400 g/mol. The number of hydrogen-bond acceptors (Lipinski definition) is 3. The maximum atomic E-state index is 14.0. The molecule has 0 bridgehead atoms. The maximum absolute atomic E-state index is 14.0. The van der Waals surface area contributed by atoms with Crippen LogP contribution in [0, 0.1) is 0 Å². The Morgan fingerprint density at radius 3 is 1.83 bits per heavy atom. The Balaban J connectivity index is 1.97. The molecule has 0 atom stereocenters. The first-order valence-corrected chi connectivity index (χ1v) is 10.7. The van der Waals surface area contributed by atoms with E-state index in [0.717, 1.165) is 21.4 Å². The van der Waals surface area contributed by atoms with E-state index >= 15 is 0 Å². The van der Waals surface area contributed by atoms with Gasteiger partial charge in [-0.25, -0.2) is 0 Å². The summed E-state index contributed by atoms with van der Waals surface area (Å²) in [5.74, 6) is 1.09. The van der Waals surface area contributed by atoms with Crippen LogP contribution in [0.4, 0.5) is 0 Å². The van der Waals surface area contributed by atoms with Gasteiger partial charge in [-0.2, -0.15) is 0 Å². The lowest BCUT2D eigenvalue weighted by Crippen LogP contribution is -2.19. The van der Waals surface area contributed by atoms with Crippen LogP contribution in [0.15, 0.2) is 91.0 Å². The van der Waals surface area contributed by atoms with E-state index in [-0.39, 0.29) is 5.52 Å². The van der Waals surface area contributed by atoms with E-state index in [2.05, 4.69) is 0 Å². The lowest BCUT2D eigenvalue weighted by Gasteiger charge is -2.21. The minimum atomic E-state index is -1.29. The van der Waals surface area contributed by atoms with Crippen LogP contribution in [0.5, 0.6) is 11.5 Å². The molecule has 144 valence electrons. The highest BCUT2D eigenvalue weighted by Crippen LogP contribution is 2.46. The van der Waals surface area contributed by atoms with Gasteiger partial charge in [0.25, 0.3) is 0 Å². The number of rotatable bonds is 6. The van der Waals surface area contributed by atoms with Crippen LogP contribution in [0.2, 0.25) is 0 Å². The third-order valence-electron chi connectivity index (χ3n) is 4.84. The molecule has 4 aromatic carbocycles. The summed E-state index contributed by atoms with van der Waals surface area (Å²) in [6, 6.07) is 29.6. The van der Waals surface area contributed by atoms with Crippen LogP contribution in [-0.2, 0) is 0 Å². The van der Waals surface area contributed by atoms with E-state index in [1.54, 1.807) is 14.2 Å². The number of benzene rings is 4. The van der Waals surface area contributed by atoms with Crippen LogP contribution < -0.4 is 20.1 Å². The predicted octanol–water partition coefficient (Wildman–Crippen LogP) is 5.13. The average Bonchev–Trinajstić information content (AvgIpc) is 2.79. The molecule has 3 nitrogen and oxygen atoms in total. The molecule has 0 aliphatic heterocycles. The first kappa shape index (κ1) is 19.2. The van der Waals surface area contributed by atoms with E-state index < -0.39 is 7.92 Å². The Morgan fingerprint density at radius 1 is 0.724 bits per heavy atom. The molecule has 0 unspecified atom stereocenters. The molecule has 0 N–H and O–H groups in total. The Kier molecular flexibility index (Phi) is 5.59. The Labute approximate surface area is 171 Å². The van der Waals surface area contributed by atoms with Crippen molar-refractivity contribution in [1.82, 2.24) is 0 Å². The van der Waals surface area contributed by atoms with Crippen molar-refractivity contribution in [3.8, 4) is 11.5 Å². The van der Waals surface area contributed by atoms with Crippen molar-refractivity contribution in [2.45, 2.75) is 0 Å². The van der Waals surface area contributed by atoms with Crippen LogP contribution >= 0.6 is 7.92 Å².